The molecule has 1 atom stereocenters. The van der Waals surface area contributed by atoms with Crippen molar-refractivity contribution >= 4 is 11.9 Å². The van der Waals surface area contributed by atoms with Gasteiger partial charge >= 0.3 is 6.18 Å². The highest BCUT2D eigenvalue weighted by atomic mass is 19.4. The second-order valence-corrected chi connectivity index (χ2v) is 5.07. The Hall–Kier alpha value is -1.31. The lowest BCUT2D eigenvalue weighted by Gasteiger charge is -2.13. The molecule has 5 nitrogen and oxygen atoms in total. The SMILES string of the molecule is O=C(NC1CCCC1)[C@H]1CC[NH2+]C1.O=C([O-])C(F)(F)F. The molecule has 0 bridgehead atoms. The van der Waals surface area contributed by atoms with Crippen LogP contribution in [0.15, 0.2) is 0 Å². The average Bonchev–Trinajstić information content (AvgIpc) is 3.00. The van der Waals surface area contributed by atoms with E-state index in [1.807, 2.05) is 0 Å². The van der Waals surface area contributed by atoms with E-state index in [-0.39, 0.29) is 0 Å². The first-order valence-corrected chi connectivity index (χ1v) is 6.71. The zero-order valence-electron chi connectivity index (χ0n) is 11.0. The summed E-state index contributed by atoms with van der Waals surface area (Å²) < 4.78 is 31.5. The van der Waals surface area contributed by atoms with Crippen molar-refractivity contribution in [3.63, 3.8) is 0 Å². The highest BCUT2D eigenvalue weighted by molar-refractivity contribution is 5.79. The molecule has 1 amide bonds. The largest absolute Gasteiger partial charge is 0.542 e. The molecule has 1 saturated carbocycles. The number of nitrogens with one attached hydrogen (secondary N) is 1. The summed E-state index contributed by atoms with van der Waals surface area (Å²) in [6, 6.07) is 0.494. The van der Waals surface area contributed by atoms with Gasteiger partial charge in [0.2, 0.25) is 5.91 Å². The standard InChI is InChI=1S/C10H18N2O.C2HF3O2/c13-10(8-5-6-11-7-8)12-9-3-1-2-4-9;3-2(4,5)1(6)7/h8-9,11H,1-7H2,(H,12,13);(H,6,7)/t8-;/m0./s1. The van der Waals surface area contributed by atoms with Gasteiger partial charge in [-0.25, -0.2) is 0 Å². The fourth-order valence-electron chi connectivity index (χ4n) is 2.38. The molecule has 2 rings (SSSR count). The van der Waals surface area contributed by atoms with Crippen molar-refractivity contribution in [2.24, 2.45) is 5.92 Å². The quantitative estimate of drug-likeness (QED) is 0.680. The summed E-state index contributed by atoms with van der Waals surface area (Å²) in [5.41, 5.74) is 0. The van der Waals surface area contributed by atoms with Crippen LogP contribution in [-0.4, -0.2) is 37.2 Å². The first-order chi connectivity index (χ1) is 9.30. The topological polar surface area (TPSA) is 85.8 Å². The normalized spacial score (nSPS) is 23.1. The van der Waals surface area contributed by atoms with Crippen molar-refractivity contribution in [1.82, 2.24) is 5.32 Å². The van der Waals surface area contributed by atoms with Gasteiger partial charge in [-0.15, -0.1) is 0 Å². The van der Waals surface area contributed by atoms with Crippen molar-refractivity contribution in [3.8, 4) is 0 Å². The van der Waals surface area contributed by atoms with E-state index in [0.29, 0.717) is 17.9 Å². The number of alkyl halides is 3. The van der Waals surface area contributed by atoms with E-state index in [1.165, 1.54) is 25.7 Å². The lowest BCUT2D eigenvalue weighted by molar-refractivity contribution is -0.637. The number of aliphatic carboxylic acids is 1. The monoisotopic (exact) mass is 296 g/mol. The predicted octanol–water partition coefficient (Wildman–Crippen LogP) is -1.07. The lowest BCUT2D eigenvalue weighted by atomic mass is 10.1. The van der Waals surface area contributed by atoms with Crippen LogP contribution in [0.25, 0.3) is 0 Å². The third-order valence-corrected chi connectivity index (χ3v) is 3.47. The van der Waals surface area contributed by atoms with Crippen LogP contribution in [0.5, 0.6) is 0 Å². The van der Waals surface area contributed by atoms with Crippen molar-refractivity contribution in [1.29, 1.82) is 0 Å². The highest BCUT2D eigenvalue weighted by Gasteiger charge is 2.29. The Kier molecular flexibility index (Phi) is 6.25. The molecule has 0 aromatic carbocycles. The molecule has 0 unspecified atom stereocenters. The van der Waals surface area contributed by atoms with Crippen LogP contribution >= 0.6 is 0 Å². The number of halogens is 3. The molecule has 0 aromatic heterocycles. The van der Waals surface area contributed by atoms with Gasteiger partial charge in [-0.05, 0) is 12.8 Å². The highest BCUT2D eigenvalue weighted by Crippen LogP contribution is 2.18. The van der Waals surface area contributed by atoms with E-state index >= 15 is 0 Å². The van der Waals surface area contributed by atoms with E-state index in [2.05, 4.69) is 10.6 Å². The molecule has 1 aliphatic carbocycles. The molecule has 116 valence electrons. The van der Waals surface area contributed by atoms with Crippen molar-refractivity contribution in [2.45, 2.75) is 44.3 Å². The van der Waals surface area contributed by atoms with Gasteiger partial charge < -0.3 is 20.5 Å². The first kappa shape index (κ1) is 16.7. The van der Waals surface area contributed by atoms with Crippen LogP contribution in [0.4, 0.5) is 13.2 Å². The third-order valence-electron chi connectivity index (χ3n) is 3.47. The lowest BCUT2D eigenvalue weighted by Crippen LogP contribution is -2.81. The molecule has 1 saturated heterocycles. The van der Waals surface area contributed by atoms with Gasteiger partial charge in [0.1, 0.15) is 5.97 Å². The molecule has 8 heteroatoms. The Balaban J connectivity index is 0.000000246. The zero-order valence-corrected chi connectivity index (χ0v) is 11.0. The molecular weight excluding hydrogens is 277 g/mol. The molecule has 0 spiro atoms. The number of carbonyl (C=O) groups is 2. The molecule has 1 aliphatic heterocycles. The number of rotatable bonds is 2. The number of hydrogen-bond acceptors (Lipinski definition) is 3. The second kappa shape index (κ2) is 7.47. The van der Waals surface area contributed by atoms with E-state index in [1.54, 1.807) is 0 Å². The summed E-state index contributed by atoms with van der Waals surface area (Å²) in [6.07, 6.45) is 0.854. The van der Waals surface area contributed by atoms with Crippen molar-refractivity contribution < 1.29 is 33.2 Å². The number of amides is 1. The summed E-state index contributed by atoms with van der Waals surface area (Å²) >= 11 is 0. The minimum atomic E-state index is -5.19. The maximum Gasteiger partial charge on any atom is 0.430 e. The minimum absolute atomic E-state index is 0.292. The van der Waals surface area contributed by atoms with Crippen LogP contribution in [0, 0.1) is 5.92 Å². The van der Waals surface area contributed by atoms with Crippen LogP contribution in [-0.2, 0) is 9.59 Å². The van der Waals surface area contributed by atoms with Gasteiger partial charge in [-0.1, -0.05) is 12.8 Å². The molecule has 2 fully saturated rings. The smallest absolute Gasteiger partial charge is 0.430 e. The Morgan fingerprint density at radius 2 is 1.70 bits per heavy atom. The third kappa shape index (κ3) is 5.77. The molecule has 2 aliphatic rings. The van der Waals surface area contributed by atoms with Crippen molar-refractivity contribution in [3.05, 3.63) is 0 Å². The average molecular weight is 296 g/mol. The molecule has 0 radical (unpaired) electrons. The molecule has 1 heterocycles. The van der Waals surface area contributed by atoms with Gasteiger partial charge in [-0.2, -0.15) is 13.2 Å². The van der Waals surface area contributed by atoms with Crippen LogP contribution < -0.4 is 15.7 Å². The fraction of sp³-hybridized carbons (Fsp3) is 0.833. The summed E-state index contributed by atoms with van der Waals surface area (Å²) in [5.74, 6) is -2.41. The Labute approximate surface area is 114 Å². The molecular formula is C12H19F3N2O3. The number of nitrogens with two attached hydrogens (primary N) is 1. The molecule has 20 heavy (non-hydrogen) atoms. The van der Waals surface area contributed by atoms with E-state index in [4.69, 9.17) is 9.90 Å². The summed E-state index contributed by atoms with van der Waals surface area (Å²) in [6.45, 7) is 2.13. The van der Waals surface area contributed by atoms with E-state index in [9.17, 15) is 18.0 Å². The molecule has 0 aromatic rings. The maximum atomic E-state index is 11.7. The Morgan fingerprint density at radius 3 is 2.10 bits per heavy atom. The maximum absolute atomic E-state index is 11.7. The van der Waals surface area contributed by atoms with Gasteiger partial charge in [-0.3, -0.25) is 4.79 Å². The summed E-state index contributed by atoms with van der Waals surface area (Å²) in [7, 11) is 0. The van der Waals surface area contributed by atoms with Gasteiger partial charge in [0, 0.05) is 12.5 Å². The van der Waals surface area contributed by atoms with Gasteiger partial charge in [0.05, 0.1) is 19.0 Å². The summed E-state index contributed by atoms with van der Waals surface area (Å²) in [4.78, 5) is 20.5. The van der Waals surface area contributed by atoms with Gasteiger partial charge in [0.15, 0.2) is 0 Å². The Bertz CT molecular complexity index is 335. The molecule has 3 N–H and O–H groups in total. The number of carboxylic acid groups (broad SMARTS) is 1. The van der Waals surface area contributed by atoms with Crippen LogP contribution in [0.3, 0.4) is 0 Å². The number of hydrogen-bond donors (Lipinski definition) is 2. The van der Waals surface area contributed by atoms with E-state index in [0.717, 1.165) is 19.5 Å². The minimum Gasteiger partial charge on any atom is -0.542 e. The van der Waals surface area contributed by atoms with Crippen molar-refractivity contribution in [2.75, 3.05) is 13.1 Å². The van der Waals surface area contributed by atoms with E-state index < -0.39 is 12.1 Å². The van der Waals surface area contributed by atoms with Crippen LogP contribution in [0.1, 0.15) is 32.1 Å². The predicted molar refractivity (Wildman–Crippen MR) is 61.2 cm³/mol. The first-order valence-electron chi connectivity index (χ1n) is 6.71. The number of quaternary nitrogens is 1. The number of carboxylic acids is 1. The fourth-order valence-corrected chi connectivity index (χ4v) is 2.38. The summed E-state index contributed by atoms with van der Waals surface area (Å²) in [5, 5.41) is 14.2. The number of carbonyl (C=O) groups excluding carboxylic acids is 2. The Morgan fingerprint density at radius 1 is 1.15 bits per heavy atom. The van der Waals surface area contributed by atoms with Crippen LogP contribution in [0.2, 0.25) is 0 Å². The van der Waals surface area contributed by atoms with Gasteiger partial charge in [0.25, 0.3) is 0 Å². The zero-order chi connectivity index (χ0) is 15.2. The second-order valence-electron chi connectivity index (χ2n) is 5.07.